The molecule has 2 aromatic carbocycles. The number of carbonyl (C=O) groups is 1. The van der Waals surface area contributed by atoms with Crippen molar-refractivity contribution in [1.82, 2.24) is 19.9 Å². The maximum Gasteiger partial charge on any atom is 0.274 e. The molecule has 0 saturated carbocycles. The number of aryl methyl sites for hydroxylation is 2. The first-order valence-electron chi connectivity index (χ1n) is 10.9. The minimum atomic E-state index is -0.306. The van der Waals surface area contributed by atoms with Gasteiger partial charge in [0.2, 0.25) is 5.89 Å². The zero-order chi connectivity index (χ0) is 23.2. The van der Waals surface area contributed by atoms with Crippen molar-refractivity contribution < 1.29 is 9.21 Å². The summed E-state index contributed by atoms with van der Waals surface area (Å²) in [6, 6.07) is 18.9. The predicted octanol–water partition coefficient (Wildman–Crippen LogP) is 4.85. The predicted molar refractivity (Wildman–Crippen MR) is 129 cm³/mol. The van der Waals surface area contributed by atoms with E-state index in [1.54, 1.807) is 12.3 Å². The Hall–Kier alpha value is -3.84. The largest absolute Gasteiger partial charge is 0.441 e. The average molecular weight is 442 g/mol. The van der Waals surface area contributed by atoms with Crippen molar-refractivity contribution in [3.05, 3.63) is 84.0 Å². The van der Waals surface area contributed by atoms with Gasteiger partial charge in [0.25, 0.3) is 5.91 Å². The molecule has 0 bridgehead atoms. The Morgan fingerprint density at radius 2 is 1.79 bits per heavy atom. The van der Waals surface area contributed by atoms with Crippen molar-refractivity contribution in [2.24, 2.45) is 0 Å². The van der Waals surface area contributed by atoms with Crippen molar-refractivity contribution in [3.8, 4) is 22.8 Å². The van der Waals surface area contributed by atoms with Crippen molar-refractivity contribution in [1.29, 1.82) is 0 Å². The van der Waals surface area contributed by atoms with Crippen molar-refractivity contribution in [2.45, 2.75) is 19.8 Å². The number of oxazole rings is 1. The van der Waals surface area contributed by atoms with E-state index in [9.17, 15) is 4.79 Å². The average Bonchev–Trinajstić information content (AvgIpc) is 3.25. The lowest BCUT2D eigenvalue weighted by atomic mass is 10.1. The van der Waals surface area contributed by atoms with Gasteiger partial charge in [-0.3, -0.25) is 4.79 Å². The van der Waals surface area contributed by atoms with E-state index >= 15 is 0 Å². The molecule has 168 valence electrons. The SMILES string of the molecule is Cc1cnc(-c2ccccc2NC(=O)c2cc(CCCN(C)C)nc(-c3ccccc3)n2)o1. The molecule has 2 aromatic heterocycles. The third-order valence-corrected chi connectivity index (χ3v) is 5.11. The van der Waals surface area contributed by atoms with Gasteiger partial charge in [0.1, 0.15) is 11.5 Å². The molecule has 0 saturated heterocycles. The van der Waals surface area contributed by atoms with Crippen LogP contribution in [0, 0.1) is 6.92 Å². The molecule has 7 nitrogen and oxygen atoms in total. The van der Waals surface area contributed by atoms with Crippen LogP contribution in [0.25, 0.3) is 22.8 Å². The first kappa shape index (κ1) is 22.4. The van der Waals surface area contributed by atoms with Crippen LogP contribution in [0.5, 0.6) is 0 Å². The van der Waals surface area contributed by atoms with Crippen LogP contribution in [0.4, 0.5) is 5.69 Å². The Morgan fingerprint density at radius 3 is 2.52 bits per heavy atom. The fourth-order valence-corrected chi connectivity index (χ4v) is 3.48. The number of nitrogens with one attached hydrogen (secondary N) is 1. The number of para-hydroxylation sites is 1. The number of carbonyl (C=O) groups excluding carboxylic acids is 1. The van der Waals surface area contributed by atoms with Gasteiger partial charge >= 0.3 is 0 Å². The van der Waals surface area contributed by atoms with E-state index in [1.807, 2.05) is 75.6 Å². The molecule has 33 heavy (non-hydrogen) atoms. The Bertz CT molecular complexity index is 1230. The van der Waals surface area contributed by atoms with Gasteiger partial charge in [-0.1, -0.05) is 42.5 Å². The van der Waals surface area contributed by atoms with E-state index in [0.717, 1.165) is 30.6 Å². The molecule has 4 aromatic rings. The smallest absolute Gasteiger partial charge is 0.274 e. The van der Waals surface area contributed by atoms with Gasteiger partial charge in [0.05, 0.1) is 17.4 Å². The lowest BCUT2D eigenvalue weighted by molar-refractivity contribution is 0.102. The number of nitrogens with zero attached hydrogens (tertiary/aromatic N) is 4. The Labute approximate surface area is 193 Å². The molecule has 0 atom stereocenters. The number of benzene rings is 2. The molecule has 0 fully saturated rings. The third kappa shape index (κ3) is 5.70. The first-order chi connectivity index (χ1) is 16.0. The molecule has 7 heteroatoms. The van der Waals surface area contributed by atoms with Crippen LogP contribution in [0.3, 0.4) is 0 Å². The van der Waals surface area contributed by atoms with E-state index in [4.69, 9.17) is 9.40 Å². The second kappa shape index (κ2) is 10.2. The molecule has 0 unspecified atom stereocenters. The second-order valence-electron chi connectivity index (χ2n) is 8.12. The maximum atomic E-state index is 13.3. The molecular weight excluding hydrogens is 414 g/mol. The third-order valence-electron chi connectivity index (χ3n) is 5.11. The molecule has 0 aliphatic heterocycles. The van der Waals surface area contributed by atoms with Gasteiger partial charge in [-0.05, 0) is 58.6 Å². The highest BCUT2D eigenvalue weighted by Gasteiger charge is 2.17. The summed E-state index contributed by atoms with van der Waals surface area (Å²) in [6.07, 6.45) is 3.35. The topological polar surface area (TPSA) is 84.2 Å². The quantitative estimate of drug-likeness (QED) is 0.421. The number of anilines is 1. The van der Waals surface area contributed by atoms with E-state index in [-0.39, 0.29) is 5.91 Å². The number of aromatic nitrogens is 3. The van der Waals surface area contributed by atoms with E-state index in [2.05, 4.69) is 20.2 Å². The Morgan fingerprint density at radius 1 is 1.03 bits per heavy atom. The second-order valence-corrected chi connectivity index (χ2v) is 8.12. The number of hydrogen-bond donors (Lipinski definition) is 1. The fourth-order valence-electron chi connectivity index (χ4n) is 3.48. The van der Waals surface area contributed by atoms with Crippen LogP contribution in [-0.2, 0) is 6.42 Å². The van der Waals surface area contributed by atoms with Gasteiger partial charge in [0.15, 0.2) is 5.82 Å². The molecule has 1 N–H and O–H groups in total. The van der Waals surface area contributed by atoms with Crippen LogP contribution in [-0.4, -0.2) is 46.4 Å². The minimum absolute atomic E-state index is 0.306. The summed E-state index contributed by atoms with van der Waals surface area (Å²) in [7, 11) is 4.09. The van der Waals surface area contributed by atoms with Crippen LogP contribution in [0.1, 0.15) is 28.4 Å². The number of amides is 1. The molecule has 2 heterocycles. The van der Waals surface area contributed by atoms with Crippen molar-refractivity contribution >= 4 is 11.6 Å². The van der Waals surface area contributed by atoms with Gasteiger partial charge in [-0.25, -0.2) is 15.0 Å². The fraction of sp³-hybridized carbons (Fsp3) is 0.231. The highest BCUT2D eigenvalue weighted by molar-refractivity contribution is 6.05. The van der Waals surface area contributed by atoms with Crippen molar-refractivity contribution in [3.63, 3.8) is 0 Å². The summed E-state index contributed by atoms with van der Waals surface area (Å²) in [5.41, 5.74) is 3.35. The summed E-state index contributed by atoms with van der Waals surface area (Å²) < 4.78 is 5.67. The summed E-state index contributed by atoms with van der Waals surface area (Å²) in [4.78, 5) is 29.0. The lowest BCUT2D eigenvalue weighted by Gasteiger charge is -2.12. The van der Waals surface area contributed by atoms with Crippen LogP contribution in [0.15, 0.2) is 71.3 Å². The monoisotopic (exact) mass is 441 g/mol. The highest BCUT2D eigenvalue weighted by Crippen LogP contribution is 2.28. The van der Waals surface area contributed by atoms with Gasteiger partial charge in [-0.2, -0.15) is 0 Å². The summed E-state index contributed by atoms with van der Waals surface area (Å²) in [5.74, 6) is 1.40. The summed E-state index contributed by atoms with van der Waals surface area (Å²) in [5, 5.41) is 2.98. The number of hydrogen-bond acceptors (Lipinski definition) is 6. The summed E-state index contributed by atoms with van der Waals surface area (Å²) in [6.45, 7) is 2.77. The van der Waals surface area contributed by atoms with E-state index in [1.165, 1.54) is 0 Å². The highest BCUT2D eigenvalue weighted by atomic mass is 16.4. The van der Waals surface area contributed by atoms with Gasteiger partial charge in [0, 0.05) is 11.3 Å². The maximum absolute atomic E-state index is 13.3. The zero-order valence-electron chi connectivity index (χ0n) is 19.1. The zero-order valence-corrected chi connectivity index (χ0v) is 19.1. The van der Waals surface area contributed by atoms with Crippen molar-refractivity contribution in [2.75, 3.05) is 26.0 Å². The molecule has 0 spiro atoms. The lowest BCUT2D eigenvalue weighted by Crippen LogP contribution is -2.17. The molecule has 0 aliphatic rings. The van der Waals surface area contributed by atoms with Gasteiger partial charge in [-0.15, -0.1) is 0 Å². The molecule has 1 amide bonds. The first-order valence-corrected chi connectivity index (χ1v) is 10.9. The molecule has 0 aliphatic carbocycles. The molecular formula is C26H27N5O2. The standard InChI is InChI=1S/C26H27N5O2/c1-18-17-27-26(33-18)21-13-7-8-14-22(21)30-25(32)23-16-20(12-9-15-31(2)3)28-24(29-23)19-10-5-4-6-11-19/h4-8,10-11,13-14,16-17H,9,12,15H2,1-3H3,(H,30,32). The molecule has 0 radical (unpaired) electrons. The Kier molecular flexibility index (Phi) is 6.90. The van der Waals surface area contributed by atoms with Crippen LogP contribution in [0.2, 0.25) is 0 Å². The van der Waals surface area contributed by atoms with Gasteiger partial charge < -0.3 is 14.6 Å². The minimum Gasteiger partial charge on any atom is -0.441 e. The Balaban J connectivity index is 1.64. The van der Waals surface area contributed by atoms with E-state index in [0.29, 0.717) is 34.4 Å². The van der Waals surface area contributed by atoms with E-state index < -0.39 is 0 Å². The van der Waals surface area contributed by atoms with Crippen LogP contribution >= 0.6 is 0 Å². The normalized spacial score (nSPS) is 11.0. The molecule has 4 rings (SSSR count). The van der Waals surface area contributed by atoms with Crippen LogP contribution < -0.4 is 5.32 Å². The summed E-state index contributed by atoms with van der Waals surface area (Å²) >= 11 is 0. The number of rotatable bonds is 8.